The Bertz CT molecular complexity index is 671. The highest BCUT2D eigenvalue weighted by molar-refractivity contribution is 5.83. The summed E-state index contributed by atoms with van der Waals surface area (Å²) >= 11 is 0. The Morgan fingerprint density at radius 1 is 1.22 bits per heavy atom. The fourth-order valence-electron chi connectivity index (χ4n) is 3.16. The minimum atomic E-state index is -0.0293. The van der Waals surface area contributed by atoms with Crippen molar-refractivity contribution >= 4 is 5.91 Å². The van der Waals surface area contributed by atoms with E-state index in [4.69, 9.17) is 0 Å². The van der Waals surface area contributed by atoms with Crippen molar-refractivity contribution < 1.29 is 4.79 Å². The number of aryl methyl sites for hydroxylation is 1. The summed E-state index contributed by atoms with van der Waals surface area (Å²) in [6.45, 7) is 4.31. The molecule has 1 aliphatic heterocycles. The summed E-state index contributed by atoms with van der Waals surface area (Å²) in [5.74, 6) is 0.234. The highest BCUT2D eigenvalue weighted by Crippen LogP contribution is 2.20. The van der Waals surface area contributed by atoms with Crippen LogP contribution < -0.4 is 0 Å². The second-order valence-corrected chi connectivity index (χ2v) is 6.21. The van der Waals surface area contributed by atoms with Gasteiger partial charge in [-0.25, -0.2) is 0 Å². The van der Waals surface area contributed by atoms with Gasteiger partial charge >= 0.3 is 0 Å². The van der Waals surface area contributed by atoms with E-state index >= 15 is 0 Å². The Morgan fingerprint density at radius 2 is 2.00 bits per heavy atom. The number of rotatable bonds is 5. The molecule has 1 aliphatic rings. The third-order valence-electron chi connectivity index (χ3n) is 4.55. The molecule has 1 fully saturated rings. The molecule has 0 saturated carbocycles. The van der Waals surface area contributed by atoms with E-state index in [9.17, 15) is 4.79 Å². The lowest BCUT2D eigenvalue weighted by atomic mass is 10.1. The normalized spacial score (nSPS) is 18.0. The summed E-state index contributed by atoms with van der Waals surface area (Å²) in [6.07, 6.45) is 2.70. The number of hydrogen-bond donors (Lipinski definition) is 0. The van der Waals surface area contributed by atoms with E-state index in [0.717, 1.165) is 25.2 Å². The van der Waals surface area contributed by atoms with Gasteiger partial charge in [0.15, 0.2) is 0 Å². The first kappa shape index (κ1) is 15.7. The third-order valence-corrected chi connectivity index (χ3v) is 4.55. The van der Waals surface area contributed by atoms with Crippen LogP contribution in [0.2, 0.25) is 0 Å². The standard InChI is InChI=1S/C19H23N3O/c1-15-17(9-6-11-20-15)14-21(2)18-10-12-22(19(18)23)13-16-7-4-3-5-8-16/h3-9,11,18H,10,12-14H2,1-2H3. The first-order valence-electron chi connectivity index (χ1n) is 8.08. The van der Waals surface area contributed by atoms with Gasteiger partial charge in [-0.2, -0.15) is 0 Å². The zero-order chi connectivity index (χ0) is 16.2. The predicted molar refractivity (Wildman–Crippen MR) is 90.7 cm³/mol. The molecule has 120 valence electrons. The van der Waals surface area contributed by atoms with Crippen LogP contribution in [0.3, 0.4) is 0 Å². The van der Waals surface area contributed by atoms with Crippen LogP contribution in [0, 0.1) is 6.92 Å². The van der Waals surface area contributed by atoms with E-state index in [-0.39, 0.29) is 11.9 Å². The van der Waals surface area contributed by atoms with E-state index < -0.39 is 0 Å². The van der Waals surface area contributed by atoms with Gasteiger partial charge in [-0.15, -0.1) is 0 Å². The van der Waals surface area contributed by atoms with Crippen LogP contribution in [0.5, 0.6) is 0 Å². The molecule has 23 heavy (non-hydrogen) atoms. The fourth-order valence-corrected chi connectivity index (χ4v) is 3.16. The van der Waals surface area contributed by atoms with Gasteiger partial charge < -0.3 is 4.90 Å². The van der Waals surface area contributed by atoms with Crippen molar-refractivity contribution in [2.45, 2.75) is 32.5 Å². The second kappa shape index (κ2) is 6.92. The smallest absolute Gasteiger partial charge is 0.240 e. The summed E-state index contributed by atoms with van der Waals surface area (Å²) < 4.78 is 0. The Morgan fingerprint density at radius 3 is 2.74 bits per heavy atom. The topological polar surface area (TPSA) is 36.4 Å². The molecule has 1 atom stereocenters. The maximum absolute atomic E-state index is 12.7. The predicted octanol–water partition coefficient (Wildman–Crippen LogP) is 2.62. The summed E-state index contributed by atoms with van der Waals surface area (Å²) in [7, 11) is 2.03. The lowest BCUT2D eigenvalue weighted by Crippen LogP contribution is -2.39. The van der Waals surface area contributed by atoms with Crippen molar-refractivity contribution in [2.24, 2.45) is 0 Å². The van der Waals surface area contributed by atoms with Crippen LogP contribution in [-0.4, -0.2) is 40.3 Å². The van der Waals surface area contributed by atoms with Crippen LogP contribution in [0.1, 0.15) is 23.2 Å². The summed E-state index contributed by atoms with van der Waals surface area (Å²) in [6, 6.07) is 14.2. The molecule has 0 spiro atoms. The molecule has 1 aromatic carbocycles. The van der Waals surface area contributed by atoms with Gasteiger partial charge in [-0.3, -0.25) is 14.7 Å². The minimum Gasteiger partial charge on any atom is -0.337 e. The van der Waals surface area contributed by atoms with E-state index in [1.54, 1.807) is 6.20 Å². The molecule has 2 aromatic rings. The second-order valence-electron chi connectivity index (χ2n) is 6.21. The van der Waals surface area contributed by atoms with Crippen molar-refractivity contribution in [1.29, 1.82) is 0 Å². The van der Waals surface area contributed by atoms with Crippen molar-refractivity contribution in [1.82, 2.24) is 14.8 Å². The minimum absolute atomic E-state index is 0.0293. The maximum Gasteiger partial charge on any atom is 0.240 e. The number of likely N-dealkylation sites (tertiary alicyclic amines) is 1. The molecule has 3 rings (SSSR count). The van der Waals surface area contributed by atoms with E-state index in [2.05, 4.69) is 28.1 Å². The molecule has 0 radical (unpaired) electrons. The average Bonchev–Trinajstić information content (AvgIpc) is 2.92. The van der Waals surface area contributed by atoms with Gasteiger partial charge in [0.05, 0.1) is 6.04 Å². The molecule has 1 saturated heterocycles. The van der Waals surface area contributed by atoms with Crippen molar-refractivity contribution in [3.63, 3.8) is 0 Å². The zero-order valence-corrected chi connectivity index (χ0v) is 13.8. The number of pyridine rings is 1. The summed E-state index contributed by atoms with van der Waals surface area (Å²) in [4.78, 5) is 21.1. The molecule has 1 unspecified atom stereocenters. The molecular weight excluding hydrogens is 286 g/mol. The molecule has 0 aliphatic carbocycles. The lowest BCUT2D eigenvalue weighted by molar-refractivity contribution is -0.132. The first-order chi connectivity index (χ1) is 11.1. The fraction of sp³-hybridized carbons (Fsp3) is 0.368. The molecule has 1 aromatic heterocycles. The highest BCUT2D eigenvalue weighted by Gasteiger charge is 2.34. The molecule has 4 heteroatoms. The quantitative estimate of drug-likeness (QED) is 0.852. The van der Waals surface area contributed by atoms with Crippen LogP contribution in [0.4, 0.5) is 0 Å². The average molecular weight is 309 g/mol. The molecule has 1 amide bonds. The van der Waals surface area contributed by atoms with E-state index in [1.165, 1.54) is 11.1 Å². The number of nitrogens with zero attached hydrogens (tertiary/aromatic N) is 3. The zero-order valence-electron chi connectivity index (χ0n) is 13.8. The van der Waals surface area contributed by atoms with Gasteiger partial charge in [0.25, 0.3) is 0 Å². The summed E-state index contributed by atoms with van der Waals surface area (Å²) in [5.41, 5.74) is 3.41. The van der Waals surface area contributed by atoms with Crippen LogP contribution in [0.15, 0.2) is 48.7 Å². The Kier molecular flexibility index (Phi) is 4.72. The number of likely N-dealkylation sites (N-methyl/N-ethyl adjacent to an activating group) is 1. The van der Waals surface area contributed by atoms with E-state index in [1.807, 2.05) is 43.1 Å². The molecule has 2 heterocycles. The van der Waals surface area contributed by atoms with Crippen molar-refractivity contribution in [3.8, 4) is 0 Å². The molecule has 4 nitrogen and oxygen atoms in total. The number of carbonyl (C=O) groups excluding carboxylic acids is 1. The van der Waals surface area contributed by atoms with Crippen LogP contribution >= 0.6 is 0 Å². The molecular formula is C19H23N3O. The van der Waals surface area contributed by atoms with Gasteiger partial charge in [-0.1, -0.05) is 36.4 Å². The van der Waals surface area contributed by atoms with Gasteiger partial charge in [0.2, 0.25) is 5.91 Å². The highest BCUT2D eigenvalue weighted by atomic mass is 16.2. The number of amides is 1. The Labute approximate surface area is 137 Å². The third kappa shape index (κ3) is 3.59. The van der Waals surface area contributed by atoms with Gasteiger partial charge in [-0.05, 0) is 37.6 Å². The Balaban J connectivity index is 1.63. The lowest BCUT2D eigenvalue weighted by Gasteiger charge is -2.24. The largest absolute Gasteiger partial charge is 0.337 e. The monoisotopic (exact) mass is 309 g/mol. The van der Waals surface area contributed by atoms with Gasteiger partial charge in [0.1, 0.15) is 0 Å². The molecule has 0 bridgehead atoms. The number of aromatic nitrogens is 1. The SMILES string of the molecule is Cc1ncccc1CN(C)C1CCN(Cc2ccccc2)C1=O. The maximum atomic E-state index is 12.7. The number of benzene rings is 1. The summed E-state index contributed by atoms with van der Waals surface area (Å²) in [5, 5.41) is 0. The van der Waals surface area contributed by atoms with E-state index in [0.29, 0.717) is 6.54 Å². The van der Waals surface area contributed by atoms with Gasteiger partial charge in [0, 0.05) is 31.5 Å². The molecule has 0 N–H and O–H groups in total. The number of hydrogen-bond acceptors (Lipinski definition) is 3. The van der Waals surface area contributed by atoms with Crippen molar-refractivity contribution in [3.05, 3.63) is 65.5 Å². The first-order valence-corrected chi connectivity index (χ1v) is 8.08. The van der Waals surface area contributed by atoms with Crippen molar-refractivity contribution in [2.75, 3.05) is 13.6 Å². The Hall–Kier alpha value is -2.20. The number of carbonyl (C=O) groups is 1. The van der Waals surface area contributed by atoms with Crippen LogP contribution in [0.25, 0.3) is 0 Å². The van der Waals surface area contributed by atoms with Crippen LogP contribution in [-0.2, 0) is 17.9 Å².